The van der Waals surface area contributed by atoms with Gasteiger partial charge >= 0.3 is 0 Å². The molecule has 0 N–H and O–H groups in total. The molecule has 1 aliphatic rings. The van der Waals surface area contributed by atoms with Crippen molar-refractivity contribution < 1.29 is 0 Å². The highest BCUT2D eigenvalue weighted by atomic mass is 14.1. The van der Waals surface area contributed by atoms with E-state index in [1.54, 1.807) is 5.57 Å². The first-order valence-corrected chi connectivity index (χ1v) is 4.67. The number of allylic oxidation sites excluding steroid dienone is 2. The van der Waals surface area contributed by atoms with E-state index in [-0.39, 0.29) is 0 Å². The van der Waals surface area contributed by atoms with Crippen LogP contribution in [-0.2, 0) is 6.42 Å². The zero-order chi connectivity index (χ0) is 8.23. The molecule has 0 unspecified atom stereocenters. The van der Waals surface area contributed by atoms with Crippen molar-refractivity contribution in [3.63, 3.8) is 0 Å². The summed E-state index contributed by atoms with van der Waals surface area (Å²) in [6, 6.07) is 10.7. The maximum absolute atomic E-state index is 2.39. The molecule has 0 bridgehead atoms. The Labute approximate surface area is 73.9 Å². The van der Waals surface area contributed by atoms with Crippen molar-refractivity contribution in [1.29, 1.82) is 0 Å². The van der Waals surface area contributed by atoms with Gasteiger partial charge in [0.2, 0.25) is 0 Å². The van der Waals surface area contributed by atoms with Gasteiger partial charge in [0.15, 0.2) is 0 Å². The van der Waals surface area contributed by atoms with Crippen LogP contribution in [0.4, 0.5) is 0 Å². The van der Waals surface area contributed by atoms with Gasteiger partial charge in [-0.25, -0.2) is 0 Å². The van der Waals surface area contributed by atoms with E-state index in [2.05, 4.69) is 36.4 Å². The van der Waals surface area contributed by atoms with Crippen LogP contribution in [0, 0.1) is 0 Å². The molecule has 2 rings (SSSR count). The zero-order valence-electron chi connectivity index (χ0n) is 7.29. The maximum atomic E-state index is 2.39. The van der Waals surface area contributed by atoms with Crippen molar-refractivity contribution in [3.05, 3.63) is 47.5 Å². The summed E-state index contributed by atoms with van der Waals surface area (Å²) in [5.74, 6) is 0. The minimum absolute atomic E-state index is 1.12. The summed E-state index contributed by atoms with van der Waals surface area (Å²) < 4.78 is 0. The molecule has 1 saturated carbocycles. The van der Waals surface area contributed by atoms with Crippen LogP contribution in [0.25, 0.3) is 0 Å². The Bertz CT molecular complexity index is 263. The molecule has 12 heavy (non-hydrogen) atoms. The largest absolute Gasteiger partial charge is 0.0809 e. The second-order valence-electron chi connectivity index (χ2n) is 3.41. The van der Waals surface area contributed by atoms with Gasteiger partial charge in [-0.1, -0.05) is 42.0 Å². The van der Waals surface area contributed by atoms with E-state index in [0.29, 0.717) is 0 Å². The second-order valence-corrected chi connectivity index (χ2v) is 3.41. The van der Waals surface area contributed by atoms with E-state index in [9.17, 15) is 0 Å². The van der Waals surface area contributed by atoms with Crippen LogP contribution in [0.3, 0.4) is 0 Å². The third kappa shape index (κ3) is 1.76. The normalized spacial score (nSPS) is 15.5. The van der Waals surface area contributed by atoms with Gasteiger partial charge in [-0.05, 0) is 31.2 Å². The Hall–Kier alpha value is -1.04. The van der Waals surface area contributed by atoms with Crippen molar-refractivity contribution in [2.75, 3.05) is 0 Å². The first kappa shape index (κ1) is 7.60. The topological polar surface area (TPSA) is 0 Å². The monoisotopic (exact) mass is 158 g/mol. The highest BCUT2D eigenvalue weighted by Gasteiger charge is 2.06. The molecule has 0 atom stereocenters. The smallest absolute Gasteiger partial charge is 0.00948 e. The fraction of sp³-hybridized carbons (Fsp3) is 0.333. The lowest BCUT2D eigenvalue weighted by molar-refractivity contribution is 0.658. The van der Waals surface area contributed by atoms with Crippen LogP contribution in [0.1, 0.15) is 24.8 Å². The summed E-state index contributed by atoms with van der Waals surface area (Å²) in [7, 11) is 0. The molecule has 0 amide bonds. The van der Waals surface area contributed by atoms with Crippen molar-refractivity contribution >= 4 is 0 Å². The van der Waals surface area contributed by atoms with E-state index in [1.807, 2.05) is 0 Å². The molecule has 0 heteroatoms. The van der Waals surface area contributed by atoms with Crippen LogP contribution in [0.5, 0.6) is 0 Å². The molecule has 0 nitrogen and oxygen atoms in total. The molecule has 62 valence electrons. The van der Waals surface area contributed by atoms with Crippen molar-refractivity contribution in [3.8, 4) is 0 Å². The Morgan fingerprint density at radius 2 is 1.83 bits per heavy atom. The predicted octanol–water partition coefficient (Wildman–Crippen LogP) is 3.34. The zero-order valence-corrected chi connectivity index (χ0v) is 7.29. The van der Waals surface area contributed by atoms with E-state index < -0.39 is 0 Å². The lowest BCUT2D eigenvalue weighted by Gasteiger charge is -2.15. The average Bonchev–Trinajstić information content (AvgIpc) is 2.04. The third-order valence-electron chi connectivity index (χ3n) is 2.47. The summed E-state index contributed by atoms with van der Waals surface area (Å²) in [6.07, 6.45) is 7.59. The van der Waals surface area contributed by atoms with E-state index in [4.69, 9.17) is 0 Å². The summed E-state index contributed by atoms with van der Waals surface area (Å²) in [5.41, 5.74) is 3.08. The van der Waals surface area contributed by atoms with Crippen LogP contribution >= 0.6 is 0 Å². The second kappa shape index (κ2) is 3.57. The number of hydrogen-bond donors (Lipinski definition) is 0. The highest BCUT2D eigenvalue weighted by Crippen LogP contribution is 2.25. The van der Waals surface area contributed by atoms with Gasteiger partial charge in [0.05, 0.1) is 0 Å². The maximum Gasteiger partial charge on any atom is -0.00948 e. The molecule has 0 spiro atoms. The van der Waals surface area contributed by atoms with Crippen molar-refractivity contribution in [2.45, 2.75) is 25.7 Å². The van der Waals surface area contributed by atoms with Gasteiger partial charge in [-0.15, -0.1) is 0 Å². The Balaban J connectivity index is 1.95. The molecule has 0 heterocycles. The molecular formula is C12H14. The van der Waals surface area contributed by atoms with Gasteiger partial charge < -0.3 is 0 Å². The molecule has 0 saturated heterocycles. The quantitative estimate of drug-likeness (QED) is 0.579. The summed E-state index contributed by atoms with van der Waals surface area (Å²) in [5, 5.41) is 0. The third-order valence-corrected chi connectivity index (χ3v) is 2.47. The van der Waals surface area contributed by atoms with E-state index >= 15 is 0 Å². The number of hydrogen-bond acceptors (Lipinski definition) is 0. The molecule has 0 radical (unpaired) electrons. The molecular weight excluding hydrogens is 144 g/mol. The minimum atomic E-state index is 1.12. The number of rotatable bonds is 2. The van der Waals surface area contributed by atoms with Crippen LogP contribution in [0.15, 0.2) is 42.0 Å². The van der Waals surface area contributed by atoms with Crippen molar-refractivity contribution in [1.82, 2.24) is 0 Å². The molecule has 1 aliphatic carbocycles. The first-order chi connectivity index (χ1) is 5.95. The molecule has 1 fully saturated rings. The lowest BCUT2D eigenvalue weighted by Crippen LogP contribution is -1.96. The molecule has 0 aromatic heterocycles. The summed E-state index contributed by atoms with van der Waals surface area (Å²) in [6.45, 7) is 0. The van der Waals surface area contributed by atoms with Crippen molar-refractivity contribution in [2.24, 2.45) is 0 Å². The standard InChI is InChI=1S/C12H14/c1-2-5-11(6-3-1)9-10-12-7-4-8-12/h1-3,5-6,10H,4,7-9H2. The Morgan fingerprint density at radius 1 is 1.08 bits per heavy atom. The number of benzene rings is 1. The SMILES string of the molecule is C(Cc1ccccc1)=C1CCC1. The van der Waals surface area contributed by atoms with Gasteiger partial charge in [-0.2, -0.15) is 0 Å². The van der Waals surface area contributed by atoms with Gasteiger partial charge in [0.1, 0.15) is 0 Å². The average molecular weight is 158 g/mol. The van der Waals surface area contributed by atoms with E-state index in [0.717, 1.165) is 6.42 Å². The van der Waals surface area contributed by atoms with Crippen LogP contribution in [-0.4, -0.2) is 0 Å². The van der Waals surface area contributed by atoms with Crippen LogP contribution in [0.2, 0.25) is 0 Å². The Morgan fingerprint density at radius 3 is 2.42 bits per heavy atom. The highest BCUT2D eigenvalue weighted by molar-refractivity contribution is 5.20. The fourth-order valence-corrected chi connectivity index (χ4v) is 1.46. The van der Waals surface area contributed by atoms with E-state index in [1.165, 1.54) is 24.8 Å². The van der Waals surface area contributed by atoms with Gasteiger partial charge in [0, 0.05) is 0 Å². The Kier molecular flexibility index (Phi) is 2.26. The van der Waals surface area contributed by atoms with Gasteiger partial charge in [-0.3, -0.25) is 0 Å². The molecule has 1 aromatic rings. The minimum Gasteiger partial charge on any atom is -0.0809 e. The summed E-state index contributed by atoms with van der Waals surface area (Å²) >= 11 is 0. The van der Waals surface area contributed by atoms with Gasteiger partial charge in [0.25, 0.3) is 0 Å². The lowest BCUT2D eigenvalue weighted by atomic mass is 9.91. The summed E-state index contributed by atoms with van der Waals surface area (Å²) in [4.78, 5) is 0. The fourth-order valence-electron chi connectivity index (χ4n) is 1.46. The predicted molar refractivity (Wildman–Crippen MR) is 52.1 cm³/mol. The first-order valence-electron chi connectivity index (χ1n) is 4.67. The molecule has 0 aliphatic heterocycles. The van der Waals surface area contributed by atoms with Crippen LogP contribution < -0.4 is 0 Å². The molecule has 1 aromatic carbocycles.